The lowest BCUT2D eigenvalue weighted by Gasteiger charge is -2.05. The van der Waals surface area contributed by atoms with Crippen molar-refractivity contribution in [2.24, 2.45) is 0 Å². The fourth-order valence-electron chi connectivity index (χ4n) is 2.50. The number of nitrogens with zero attached hydrogens (tertiary/aromatic N) is 1. The second kappa shape index (κ2) is 6.65. The number of fused-ring (bicyclic) bond motifs is 1. The van der Waals surface area contributed by atoms with Gasteiger partial charge in [-0.05, 0) is 23.3 Å². The SMILES string of the molecule is CC(C)c1nc2ccc(CNC(=O)Cc3ccccc3)cc2[nH]1. The molecule has 2 N–H and O–H groups in total. The van der Waals surface area contributed by atoms with Gasteiger partial charge in [0, 0.05) is 12.5 Å². The number of H-pyrrole nitrogens is 1. The maximum atomic E-state index is 12.0. The molecular formula is C19H21N3O. The average molecular weight is 307 g/mol. The van der Waals surface area contributed by atoms with Gasteiger partial charge in [-0.2, -0.15) is 0 Å². The minimum absolute atomic E-state index is 0.0313. The van der Waals surface area contributed by atoms with Gasteiger partial charge in [0.15, 0.2) is 0 Å². The highest BCUT2D eigenvalue weighted by molar-refractivity contribution is 5.79. The molecular weight excluding hydrogens is 286 g/mol. The molecule has 0 atom stereocenters. The summed E-state index contributed by atoms with van der Waals surface area (Å²) in [5.41, 5.74) is 4.07. The number of hydrogen-bond acceptors (Lipinski definition) is 2. The Labute approximate surface area is 136 Å². The molecule has 0 saturated carbocycles. The van der Waals surface area contributed by atoms with E-state index in [0.717, 1.165) is 28.0 Å². The molecule has 0 bridgehead atoms. The summed E-state index contributed by atoms with van der Waals surface area (Å²) in [5.74, 6) is 1.39. The second-order valence-corrected chi connectivity index (χ2v) is 6.07. The lowest BCUT2D eigenvalue weighted by Crippen LogP contribution is -2.24. The first-order valence-electron chi connectivity index (χ1n) is 7.91. The molecule has 0 radical (unpaired) electrons. The van der Waals surface area contributed by atoms with Crippen molar-refractivity contribution in [1.29, 1.82) is 0 Å². The van der Waals surface area contributed by atoms with Crippen molar-refractivity contribution in [2.75, 3.05) is 0 Å². The summed E-state index contributed by atoms with van der Waals surface area (Å²) < 4.78 is 0. The van der Waals surface area contributed by atoms with E-state index < -0.39 is 0 Å². The van der Waals surface area contributed by atoms with Crippen molar-refractivity contribution in [1.82, 2.24) is 15.3 Å². The first kappa shape index (κ1) is 15.3. The van der Waals surface area contributed by atoms with Crippen LogP contribution in [0.5, 0.6) is 0 Å². The molecule has 4 heteroatoms. The third-order valence-electron chi connectivity index (χ3n) is 3.81. The van der Waals surface area contributed by atoms with Crippen molar-refractivity contribution in [3.8, 4) is 0 Å². The molecule has 3 rings (SSSR count). The van der Waals surface area contributed by atoms with Crippen LogP contribution in [0.2, 0.25) is 0 Å². The Kier molecular flexibility index (Phi) is 4.42. The number of imidazole rings is 1. The molecule has 3 aromatic rings. The summed E-state index contributed by atoms with van der Waals surface area (Å²) >= 11 is 0. The lowest BCUT2D eigenvalue weighted by molar-refractivity contribution is -0.120. The molecule has 0 aliphatic rings. The molecule has 0 aliphatic carbocycles. The predicted octanol–water partition coefficient (Wildman–Crippen LogP) is 3.55. The number of carbonyl (C=O) groups excluding carboxylic acids is 1. The maximum Gasteiger partial charge on any atom is 0.224 e. The van der Waals surface area contributed by atoms with Crippen LogP contribution < -0.4 is 5.32 Å². The zero-order chi connectivity index (χ0) is 16.2. The van der Waals surface area contributed by atoms with E-state index in [1.807, 2.05) is 42.5 Å². The van der Waals surface area contributed by atoms with E-state index in [-0.39, 0.29) is 5.91 Å². The van der Waals surface area contributed by atoms with E-state index in [2.05, 4.69) is 35.2 Å². The van der Waals surface area contributed by atoms with Crippen LogP contribution in [0.25, 0.3) is 11.0 Å². The van der Waals surface area contributed by atoms with Gasteiger partial charge in [-0.1, -0.05) is 50.2 Å². The van der Waals surface area contributed by atoms with E-state index in [0.29, 0.717) is 18.9 Å². The van der Waals surface area contributed by atoms with Gasteiger partial charge in [-0.25, -0.2) is 4.98 Å². The first-order chi connectivity index (χ1) is 11.1. The highest BCUT2D eigenvalue weighted by atomic mass is 16.1. The van der Waals surface area contributed by atoms with Crippen molar-refractivity contribution in [3.05, 3.63) is 65.5 Å². The van der Waals surface area contributed by atoms with Crippen molar-refractivity contribution < 1.29 is 4.79 Å². The van der Waals surface area contributed by atoms with Crippen LogP contribution in [-0.4, -0.2) is 15.9 Å². The standard InChI is InChI=1S/C19H21N3O/c1-13(2)19-21-16-9-8-15(10-17(16)22-19)12-20-18(23)11-14-6-4-3-5-7-14/h3-10,13H,11-12H2,1-2H3,(H,20,23)(H,21,22). The summed E-state index contributed by atoms with van der Waals surface area (Å²) in [5, 5.41) is 2.97. The van der Waals surface area contributed by atoms with Crippen LogP contribution in [-0.2, 0) is 17.8 Å². The van der Waals surface area contributed by atoms with E-state index in [4.69, 9.17) is 0 Å². The number of carbonyl (C=O) groups is 1. The average Bonchev–Trinajstić information content (AvgIpc) is 2.97. The third kappa shape index (κ3) is 3.77. The Balaban J connectivity index is 1.63. The maximum absolute atomic E-state index is 12.0. The number of amides is 1. The van der Waals surface area contributed by atoms with Gasteiger partial charge >= 0.3 is 0 Å². The van der Waals surface area contributed by atoms with Crippen LogP contribution in [0.4, 0.5) is 0 Å². The van der Waals surface area contributed by atoms with E-state index in [1.54, 1.807) is 0 Å². The van der Waals surface area contributed by atoms with Crippen LogP contribution in [0.3, 0.4) is 0 Å². The smallest absolute Gasteiger partial charge is 0.224 e. The van der Waals surface area contributed by atoms with Crippen molar-refractivity contribution >= 4 is 16.9 Å². The molecule has 0 saturated heterocycles. The topological polar surface area (TPSA) is 57.8 Å². The van der Waals surface area contributed by atoms with Crippen LogP contribution in [0.1, 0.15) is 36.7 Å². The summed E-state index contributed by atoms with van der Waals surface area (Å²) in [6.07, 6.45) is 0.407. The fraction of sp³-hybridized carbons (Fsp3) is 0.263. The van der Waals surface area contributed by atoms with E-state index >= 15 is 0 Å². The van der Waals surface area contributed by atoms with Gasteiger partial charge in [-0.15, -0.1) is 0 Å². The minimum Gasteiger partial charge on any atom is -0.352 e. The van der Waals surface area contributed by atoms with Gasteiger partial charge in [0.1, 0.15) is 5.82 Å². The minimum atomic E-state index is 0.0313. The number of aromatic nitrogens is 2. The number of hydrogen-bond donors (Lipinski definition) is 2. The monoisotopic (exact) mass is 307 g/mol. The Morgan fingerprint density at radius 2 is 1.91 bits per heavy atom. The number of benzene rings is 2. The first-order valence-corrected chi connectivity index (χ1v) is 7.91. The molecule has 1 amide bonds. The molecule has 118 valence electrons. The van der Waals surface area contributed by atoms with Gasteiger partial charge in [0.05, 0.1) is 17.5 Å². The molecule has 1 heterocycles. The summed E-state index contributed by atoms with van der Waals surface area (Å²) in [7, 11) is 0. The summed E-state index contributed by atoms with van der Waals surface area (Å²) in [4.78, 5) is 19.9. The summed E-state index contributed by atoms with van der Waals surface area (Å²) in [6.45, 7) is 4.75. The Hall–Kier alpha value is -2.62. The zero-order valence-corrected chi connectivity index (χ0v) is 13.5. The highest BCUT2D eigenvalue weighted by Crippen LogP contribution is 2.18. The molecule has 1 aromatic heterocycles. The second-order valence-electron chi connectivity index (χ2n) is 6.07. The molecule has 0 unspecified atom stereocenters. The van der Waals surface area contributed by atoms with Gasteiger partial charge < -0.3 is 10.3 Å². The number of aromatic amines is 1. The molecule has 2 aromatic carbocycles. The van der Waals surface area contributed by atoms with Gasteiger partial charge in [-0.3, -0.25) is 4.79 Å². The van der Waals surface area contributed by atoms with Crippen LogP contribution in [0, 0.1) is 0 Å². The van der Waals surface area contributed by atoms with Gasteiger partial charge in [0.2, 0.25) is 5.91 Å². The zero-order valence-electron chi connectivity index (χ0n) is 13.5. The quantitative estimate of drug-likeness (QED) is 0.757. The predicted molar refractivity (Wildman–Crippen MR) is 92.2 cm³/mol. The van der Waals surface area contributed by atoms with Crippen molar-refractivity contribution in [2.45, 2.75) is 32.7 Å². The molecule has 0 spiro atoms. The van der Waals surface area contributed by atoms with Crippen molar-refractivity contribution in [3.63, 3.8) is 0 Å². The molecule has 23 heavy (non-hydrogen) atoms. The molecule has 0 fully saturated rings. The number of rotatable bonds is 5. The van der Waals surface area contributed by atoms with Crippen LogP contribution >= 0.6 is 0 Å². The van der Waals surface area contributed by atoms with E-state index in [9.17, 15) is 4.79 Å². The van der Waals surface area contributed by atoms with Gasteiger partial charge in [0.25, 0.3) is 0 Å². The highest BCUT2D eigenvalue weighted by Gasteiger charge is 2.08. The van der Waals surface area contributed by atoms with Crippen LogP contribution in [0.15, 0.2) is 48.5 Å². The van der Waals surface area contributed by atoms with E-state index in [1.165, 1.54) is 0 Å². The molecule has 4 nitrogen and oxygen atoms in total. The lowest BCUT2D eigenvalue weighted by atomic mass is 10.1. The summed E-state index contributed by atoms with van der Waals surface area (Å²) in [6, 6.07) is 15.8. The largest absolute Gasteiger partial charge is 0.352 e. The Bertz CT molecular complexity index is 806. The third-order valence-corrected chi connectivity index (χ3v) is 3.81. The molecule has 0 aliphatic heterocycles. The number of nitrogens with one attached hydrogen (secondary N) is 2. The fourth-order valence-corrected chi connectivity index (χ4v) is 2.50. The Morgan fingerprint density at radius 3 is 2.65 bits per heavy atom. The Morgan fingerprint density at radius 1 is 1.13 bits per heavy atom. The normalized spacial score (nSPS) is 11.1.